The second-order valence-corrected chi connectivity index (χ2v) is 6.47. The number of aromatic amines is 1. The molecule has 0 aliphatic rings. The van der Waals surface area contributed by atoms with E-state index < -0.39 is 0 Å². The van der Waals surface area contributed by atoms with Crippen molar-refractivity contribution < 1.29 is 9.53 Å². The van der Waals surface area contributed by atoms with Crippen LogP contribution in [0.25, 0.3) is 10.9 Å². The number of pyridine rings is 1. The second-order valence-electron chi connectivity index (χ2n) is 6.06. The van der Waals surface area contributed by atoms with Crippen LogP contribution in [0.2, 0.25) is 5.02 Å². The topological polar surface area (TPSA) is 71.2 Å². The molecule has 0 fully saturated rings. The lowest BCUT2D eigenvalue weighted by atomic mass is 10.1. The van der Waals surface area contributed by atoms with E-state index in [9.17, 15) is 9.59 Å². The van der Waals surface area contributed by atoms with E-state index in [-0.39, 0.29) is 17.9 Å². The monoisotopic (exact) mass is 370 g/mol. The normalized spacial score (nSPS) is 10.7. The maximum absolute atomic E-state index is 12.3. The van der Waals surface area contributed by atoms with E-state index in [1.807, 2.05) is 31.2 Å². The van der Waals surface area contributed by atoms with Gasteiger partial charge in [-0.2, -0.15) is 0 Å². The van der Waals surface area contributed by atoms with Crippen LogP contribution >= 0.6 is 11.6 Å². The molecule has 0 saturated carbocycles. The van der Waals surface area contributed by atoms with E-state index in [2.05, 4.69) is 10.3 Å². The van der Waals surface area contributed by atoms with Crippen LogP contribution < -0.4 is 15.6 Å². The minimum absolute atomic E-state index is 0.160. The summed E-state index contributed by atoms with van der Waals surface area (Å²) in [5, 5.41) is 4.16. The number of nitrogens with one attached hydrogen (secondary N) is 2. The summed E-state index contributed by atoms with van der Waals surface area (Å²) in [4.78, 5) is 27.3. The molecule has 0 atom stereocenters. The molecule has 1 amide bonds. The Morgan fingerprint density at radius 3 is 2.77 bits per heavy atom. The number of carbonyl (C=O) groups is 1. The number of anilines is 1. The van der Waals surface area contributed by atoms with Crippen molar-refractivity contribution in [2.45, 2.75) is 19.8 Å². The fraction of sp³-hybridized carbons (Fsp3) is 0.200. The molecule has 26 heavy (non-hydrogen) atoms. The summed E-state index contributed by atoms with van der Waals surface area (Å²) in [7, 11) is 1.53. The van der Waals surface area contributed by atoms with Crippen molar-refractivity contribution >= 4 is 34.1 Å². The van der Waals surface area contributed by atoms with Gasteiger partial charge in [0.1, 0.15) is 5.75 Å². The molecule has 3 rings (SSSR count). The average Bonchev–Trinajstić information content (AvgIpc) is 2.61. The third-order valence-corrected chi connectivity index (χ3v) is 4.52. The quantitative estimate of drug-likeness (QED) is 0.711. The van der Waals surface area contributed by atoms with Gasteiger partial charge in [-0.3, -0.25) is 9.59 Å². The zero-order chi connectivity index (χ0) is 18.7. The highest BCUT2D eigenvalue weighted by molar-refractivity contribution is 6.32. The van der Waals surface area contributed by atoms with Crippen LogP contribution in [0.15, 0.2) is 47.3 Å². The molecule has 0 saturated heterocycles. The third kappa shape index (κ3) is 3.89. The Morgan fingerprint density at radius 2 is 2.04 bits per heavy atom. The standard InChI is InChI=1S/C20H19ClN2O3/c1-12-4-3-5-13-10-14(20(25)23-19(12)13)6-9-18(24)22-15-7-8-17(26-2)16(21)11-15/h3-5,7-8,10-11H,6,9H2,1-2H3,(H,22,24)(H,23,25). The first-order chi connectivity index (χ1) is 12.5. The summed E-state index contributed by atoms with van der Waals surface area (Å²) >= 11 is 6.05. The van der Waals surface area contributed by atoms with Crippen LogP contribution in [0, 0.1) is 6.92 Å². The minimum Gasteiger partial charge on any atom is -0.495 e. The number of methoxy groups -OCH3 is 1. The summed E-state index contributed by atoms with van der Waals surface area (Å²) in [5.41, 5.74) is 2.86. The van der Waals surface area contributed by atoms with E-state index in [0.717, 1.165) is 16.5 Å². The van der Waals surface area contributed by atoms with Crippen molar-refractivity contribution in [1.29, 1.82) is 0 Å². The number of halogens is 1. The number of rotatable bonds is 5. The first-order valence-corrected chi connectivity index (χ1v) is 8.60. The van der Waals surface area contributed by atoms with Gasteiger partial charge in [0.2, 0.25) is 5.91 Å². The van der Waals surface area contributed by atoms with Crippen molar-refractivity contribution in [2.75, 3.05) is 12.4 Å². The van der Waals surface area contributed by atoms with Crippen molar-refractivity contribution in [2.24, 2.45) is 0 Å². The highest BCUT2D eigenvalue weighted by Crippen LogP contribution is 2.27. The molecule has 0 spiro atoms. The van der Waals surface area contributed by atoms with Crippen LogP contribution in [-0.2, 0) is 11.2 Å². The van der Waals surface area contributed by atoms with E-state index in [1.165, 1.54) is 7.11 Å². The number of H-pyrrole nitrogens is 1. The molecule has 0 bridgehead atoms. The van der Waals surface area contributed by atoms with E-state index >= 15 is 0 Å². The summed E-state index contributed by atoms with van der Waals surface area (Å²) in [6.07, 6.45) is 0.555. The third-order valence-electron chi connectivity index (χ3n) is 4.22. The van der Waals surface area contributed by atoms with Gasteiger partial charge >= 0.3 is 0 Å². The molecule has 2 aromatic carbocycles. The number of para-hydroxylation sites is 1. The van der Waals surface area contributed by atoms with Gasteiger partial charge in [0.05, 0.1) is 17.6 Å². The Labute approximate surface area is 156 Å². The molecule has 0 unspecified atom stereocenters. The number of ether oxygens (including phenoxy) is 1. The van der Waals surface area contributed by atoms with Gasteiger partial charge in [-0.05, 0) is 48.6 Å². The SMILES string of the molecule is COc1ccc(NC(=O)CCc2cc3cccc(C)c3[nH]c2=O)cc1Cl. The predicted octanol–water partition coefficient (Wildman–Crippen LogP) is 4.07. The van der Waals surface area contributed by atoms with Gasteiger partial charge in [-0.15, -0.1) is 0 Å². The fourth-order valence-electron chi connectivity index (χ4n) is 2.83. The van der Waals surface area contributed by atoms with Crippen LogP contribution in [0.5, 0.6) is 5.75 Å². The lowest BCUT2D eigenvalue weighted by Crippen LogP contribution is -2.17. The Balaban J connectivity index is 1.70. The Hall–Kier alpha value is -2.79. The van der Waals surface area contributed by atoms with Crippen LogP contribution in [0.3, 0.4) is 0 Å². The molecule has 1 aromatic heterocycles. The molecule has 3 aromatic rings. The molecule has 0 radical (unpaired) electrons. The van der Waals surface area contributed by atoms with Crippen molar-refractivity contribution in [3.63, 3.8) is 0 Å². The number of benzene rings is 2. The number of hydrogen-bond acceptors (Lipinski definition) is 3. The van der Waals surface area contributed by atoms with Gasteiger partial charge in [0.25, 0.3) is 5.56 Å². The maximum Gasteiger partial charge on any atom is 0.251 e. The van der Waals surface area contributed by atoms with Crippen LogP contribution in [0.1, 0.15) is 17.5 Å². The van der Waals surface area contributed by atoms with E-state index in [0.29, 0.717) is 28.4 Å². The molecular weight excluding hydrogens is 352 g/mol. The van der Waals surface area contributed by atoms with Gasteiger partial charge in [-0.25, -0.2) is 0 Å². The zero-order valence-electron chi connectivity index (χ0n) is 14.6. The average molecular weight is 371 g/mol. The molecule has 0 aliphatic carbocycles. The molecule has 1 heterocycles. The molecule has 2 N–H and O–H groups in total. The zero-order valence-corrected chi connectivity index (χ0v) is 15.3. The number of amides is 1. The molecule has 134 valence electrons. The molecule has 6 heteroatoms. The first kappa shape index (κ1) is 18.0. The number of aryl methyl sites for hydroxylation is 2. The van der Waals surface area contributed by atoms with Gasteiger partial charge in [0.15, 0.2) is 0 Å². The number of carbonyl (C=O) groups excluding carboxylic acids is 1. The number of fused-ring (bicyclic) bond motifs is 1. The largest absolute Gasteiger partial charge is 0.495 e. The Kier molecular flexibility index (Phi) is 5.28. The highest BCUT2D eigenvalue weighted by Gasteiger charge is 2.09. The molecule has 5 nitrogen and oxygen atoms in total. The van der Waals surface area contributed by atoms with Crippen LogP contribution in [0.4, 0.5) is 5.69 Å². The summed E-state index contributed by atoms with van der Waals surface area (Å²) in [5.74, 6) is 0.359. The first-order valence-electron chi connectivity index (χ1n) is 8.23. The maximum atomic E-state index is 12.3. The second kappa shape index (κ2) is 7.62. The summed E-state index contributed by atoms with van der Waals surface area (Å²) in [6.45, 7) is 1.95. The smallest absolute Gasteiger partial charge is 0.251 e. The predicted molar refractivity (Wildman–Crippen MR) is 104 cm³/mol. The van der Waals surface area contributed by atoms with Gasteiger partial charge in [-0.1, -0.05) is 29.8 Å². The molecule has 0 aliphatic heterocycles. The highest BCUT2D eigenvalue weighted by atomic mass is 35.5. The number of aromatic nitrogens is 1. The minimum atomic E-state index is -0.185. The lowest BCUT2D eigenvalue weighted by Gasteiger charge is -2.08. The summed E-state index contributed by atoms with van der Waals surface area (Å²) < 4.78 is 5.08. The fourth-order valence-corrected chi connectivity index (χ4v) is 3.09. The Bertz CT molecular complexity index is 1030. The van der Waals surface area contributed by atoms with Crippen LogP contribution in [-0.4, -0.2) is 18.0 Å². The molecular formula is C20H19ClN2O3. The van der Waals surface area contributed by atoms with Crippen molar-refractivity contribution in [1.82, 2.24) is 4.98 Å². The van der Waals surface area contributed by atoms with E-state index in [4.69, 9.17) is 16.3 Å². The lowest BCUT2D eigenvalue weighted by molar-refractivity contribution is -0.116. The van der Waals surface area contributed by atoms with Gasteiger partial charge < -0.3 is 15.0 Å². The van der Waals surface area contributed by atoms with Crippen molar-refractivity contribution in [3.8, 4) is 5.75 Å². The summed E-state index contributed by atoms with van der Waals surface area (Å²) in [6, 6.07) is 12.7. The van der Waals surface area contributed by atoms with Gasteiger partial charge in [0, 0.05) is 17.7 Å². The van der Waals surface area contributed by atoms with Crippen molar-refractivity contribution in [3.05, 3.63) is 69.0 Å². The number of hydrogen-bond donors (Lipinski definition) is 2. The van der Waals surface area contributed by atoms with E-state index in [1.54, 1.807) is 18.2 Å². The Morgan fingerprint density at radius 1 is 1.23 bits per heavy atom.